The Balaban J connectivity index is 1.57. The van der Waals surface area contributed by atoms with Crippen LogP contribution in [0.1, 0.15) is 99.8 Å². The molecule has 31 heavy (non-hydrogen) atoms. The van der Waals surface area contributed by atoms with Crippen LogP contribution in [0.5, 0.6) is 0 Å². The minimum absolute atomic E-state index is 0.154. The Labute approximate surface area is 191 Å². The number of rotatable bonds is 0. The topological polar surface area (TPSA) is 17.1 Å². The smallest absolute Gasteiger partial charge is 0.161 e. The molecule has 0 radical (unpaired) electrons. The molecule has 1 heteroatoms. The normalized spacial score (nSPS) is 55.6. The molecular formula is C30H46O. The molecule has 0 aliphatic heterocycles. The van der Waals surface area contributed by atoms with Crippen LogP contribution < -0.4 is 0 Å². The third-order valence-electron chi connectivity index (χ3n) is 12.9. The summed E-state index contributed by atoms with van der Waals surface area (Å²) in [5.41, 5.74) is 2.73. The number of fused-ring (bicyclic) bond motifs is 7. The Morgan fingerprint density at radius 3 is 2.29 bits per heavy atom. The summed E-state index contributed by atoms with van der Waals surface area (Å²) in [5.74, 6) is 3.81. The molecule has 0 saturated heterocycles. The fraction of sp³-hybridized carbons (Fsp3) is 0.833. The zero-order valence-electron chi connectivity index (χ0n) is 21.3. The van der Waals surface area contributed by atoms with Gasteiger partial charge in [-0.25, -0.2) is 0 Å². The highest BCUT2D eigenvalue weighted by atomic mass is 16.1. The zero-order chi connectivity index (χ0) is 22.6. The summed E-state index contributed by atoms with van der Waals surface area (Å²) < 4.78 is 0. The van der Waals surface area contributed by atoms with Crippen LogP contribution in [-0.4, -0.2) is 5.78 Å². The summed E-state index contributed by atoms with van der Waals surface area (Å²) in [6.07, 6.45) is 14.9. The van der Waals surface area contributed by atoms with Crippen molar-refractivity contribution < 1.29 is 4.79 Å². The fourth-order valence-corrected chi connectivity index (χ4v) is 10.7. The van der Waals surface area contributed by atoms with Crippen LogP contribution in [0.3, 0.4) is 0 Å². The molecule has 1 nitrogen and oxygen atoms in total. The number of carbonyl (C=O) groups is 1. The predicted octanol–water partition coefficient (Wildman–Crippen LogP) is 8.01. The minimum Gasteiger partial charge on any atom is -0.294 e. The molecular weight excluding hydrogens is 376 g/mol. The second kappa shape index (κ2) is 6.38. The molecule has 0 N–H and O–H groups in total. The molecule has 0 aromatic carbocycles. The second-order valence-corrected chi connectivity index (χ2v) is 14.1. The van der Waals surface area contributed by atoms with Gasteiger partial charge in [-0.2, -0.15) is 0 Å². The van der Waals surface area contributed by atoms with Crippen LogP contribution in [0.2, 0.25) is 0 Å². The van der Waals surface area contributed by atoms with Gasteiger partial charge < -0.3 is 0 Å². The summed E-state index contributed by atoms with van der Waals surface area (Å²) in [7, 11) is 0. The maximum atomic E-state index is 12.8. The van der Waals surface area contributed by atoms with Gasteiger partial charge in [0.2, 0.25) is 0 Å². The van der Waals surface area contributed by atoms with E-state index < -0.39 is 0 Å². The summed E-state index contributed by atoms with van der Waals surface area (Å²) in [4.78, 5) is 12.8. The van der Waals surface area contributed by atoms with Crippen LogP contribution in [0, 0.1) is 56.7 Å². The molecule has 172 valence electrons. The van der Waals surface area contributed by atoms with Gasteiger partial charge in [0, 0.05) is 5.41 Å². The lowest BCUT2D eigenvalue weighted by molar-refractivity contribution is -0.225. The van der Waals surface area contributed by atoms with E-state index in [9.17, 15) is 4.79 Å². The highest BCUT2D eigenvalue weighted by Gasteiger charge is 2.69. The molecule has 0 aromatic heterocycles. The van der Waals surface area contributed by atoms with Crippen LogP contribution in [0.4, 0.5) is 0 Å². The monoisotopic (exact) mass is 422 g/mol. The lowest BCUT2D eigenvalue weighted by atomic mass is 9.32. The van der Waals surface area contributed by atoms with Gasteiger partial charge >= 0.3 is 0 Å². The summed E-state index contributed by atoms with van der Waals surface area (Å²) >= 11 is 0. The maximum absolute atomic E-state index is 12.8. The van der Waals surface area contributed by atoms with E-state index in [1.165, 1.54) is 56.9 Å². The van der Waals surface area contributed by atoms with Crippen molar-refractivity contribution in [2.45, 2.75) is 99.8 Å². The van der Waals surface area contributed by atoms with Gasteiger partial charge in [-0.05, 0) is 109 Å². The number of hydrogen-bond donors (Lipinski definition) is 0. The second-order valence-electron chi connectivity index (χ2n) is 14.1. The first kappa shape index (κ1) is 22.0. The standard InChI is InChI=1S/C30H46O/c1-19-11-14-27(5)17-18-29(7)21(25(27)20(19)2)9-10-23-28(6)15-13-24(31)26(3,4)22(28)12-16-30(23,29)8/h13,15,20-23,25H,1,9-12,14,16-18H2,2-8H3. The third kappa shape index (κ3) is 2.53. The fourth-order valence-electron chi connectivity index (χ4n) is 10.7. The molecule has 0 spiro atoms. The van der Waals surface area contributed by atoms with E-state index in [1.54, 1.807) is 0 Å². The van der Waals surface area contributed by atoms with E-state index in [-0.39, 0.29) is 10.8 Å². The van der Waals surface area contributed by atoms with Crippen molar-refractivity contribution in [3.63, 3.8) is 0 Å². The van der Waals surface area contributed by atoms with E-state index in [4.69, 9.17) is 0 Å². The third-order valence-corrected chi connectivity index (χ3v) is 12.9. The van der Waals surface area contributed by atoms with Gasteiger partial charge in [0.1, 0.15) is 0 Å². The number of ketones is 1. The lowest BCUT2D eigenvalue weighted by Gasteiger charge is -2.72. The zero-order valence-corrected chi connectivity index (χ0v) is 21.3. The van der Waals surface area contributed by atoms with Gasteiger partial charge in [0.25, 0.3) is 0 Å². The molecule has 9 unspecified atom stereocenters. The first-order valence-corrected chi connectivity index (χ1v) is 13.2. The Kier molecular flexibility index (Phi) is 4.52. The lowest BCUT2D eigenvalue weighted by Crippen LogP contribution is -2.66. The summed E-state index contributed by atoms with van der Waals surface area (Å²) in [6, 6.07) is 0. The van der Waals surface area contributed by atoms with Gasteiger partial charge in [-0.3, -0.25) is 4.79 Å². The predicted molar refractivity (Wildman–Crippen MR) is 130 cm³/mol. The van der Waals surface area contributed by atoms with Crippen molar-refractivity contribution in [2.75, 3.05) is 0 Å². The van der Waals surface area contributed by atoms with Crippen LogP contribution in [-0.2, 0) is 4.79 Å². The van der Waals surface area contributed by atoms with E-state index >= 15 is 0 Å². The van der Waals surface area contributed by atoms with Gasteiger partial charge in [-0.15, -0.1) is 0 Å². The number of hydrogen-bond acceptors (Lipinski definition) is 1. The summed E-state index contributed by atoms with van der Waals surface area (Å²) in [6.45, 7) is 22.0. The minimum atomic E-state index is -0.219. The van der Waals surface area contributed by atoms with Gasteiger partial charge in [0.15, 0.2) is 5.78 Å². The highest BCUT2D eigenvalue weighted by Crippen LogP contribution is 2.76. The van der Waals surface area contributed by atoms with E-state index in [2.05, 4.69) is 61.1 Å². The van der Waals surface area contributed by atoms with E-state index in [0.717, 1.165) is 11.8 Å². The largest absolute Gasteiger partial charge is 0.294 e. The first-order valence-electron chi connectivity index (χ1n) is 13.2. The number of allylic oxidation sites excluding steroid dienone is 3. The molecule has 0 aromatic rings. The molecule has 0 bridgehead atoms. The molecule has 4 fully saturated rings. The first-order chi connectivity index (χ1) is 14.3. The molecule has 0 amide bonds. The highest BCUT2D eigenvalue weighted by molar-refractivity contribution is 5.95. The SMILES string of the molecule is C=C1CCC2(C)CCC3(C)C(CCC4C5(C)C=CC(=O)C(C)(C)C5CCC43C)C2C1C. The average molecular weight is 423 g/mol. The Morgan fingerprint density at radius 2 is 1.58 bits per heavy atom. The van der Waals surface area contributed by atoms with Crippen molar-refractivity contribution >= 4 is 5.78 Å². The van der Waals surface area contributed by atoms with Crippen LogP contribution in [0.25, 0.3) is 0 Å². The quantitative estimate of drug-likeness (QED) is 0.361. The van der Waals surface area contributed by atoms with Crippen molar-refractivity contribution in [3.05, 3.63) is 24.3 Å². The van der Waals surface area contributed by atoms with Gasteiger partial charge in [0.05, 0.1) is 0 Å². The Hall–Kier alpha value is -0.850. The molecule has 5 aliphatic rings. The molecule has 5 aliphatic carbocycles. The Morgan fingerprint density at radius 1 is 0.871 bits per heavy atom. The van der Waals surface area contributed by atoms with Crippen LogP contribution >= 0.6 is 0 Å². The average Bonchev–Trinajstić information content (AvgIpc) is 2.69. The van der Waals surface area contributed by atoms with E-state index in [1.807, 2.05) is 6.08 Å². The molecule has 0 heterocycles. The summed E-state index contributed by atoms with van der Waals surface area (Å²) in [5, 5.41) is 0. The van der Waals surface area contributed by atoms with Crippen molar-refractivity contribution in [3.8, 4) is 0 Å². The van der Waals surface area contributed by atoms with Crippen molar-refractivity contribution in [2.24, 2.45) is 56.7 Å². The maximum Gasteiger partial charge on any atom is 0.161 e. The molecule has 5 rings (SSSR count). The van der Waals surface area contributed by atoms with Crippen molar-refractivity contribution in [1.29, 1.82) is 0 Å². The van der Waals surface area contributed by atoms with Crippen molar-refractivity contribution in [1.82, 2.24) is 0 Å². The number of carbonyl (C=O) groups excluding carboxylic acids is 1. The Bertz CT molecular complexity index is 848. The van der Waals surface area contributed by atoms with E-state index in [0.29, 0.717) is 39.8 Å². The van der Waals surface area contributed by atoms with Gasteiger partial charge in [-0.1, -0.05) is 66.7 Å². The molecule has 9 atom stereocenters. The van der Waals surface area contributed by atoms with Crippen LogP contribution in [0.15, 0.2) is 24.3 Å². The molecule has 4 saturated carbocycles.